The molecule has 1 aliphatic rings. The van der Waals surface area contributed by atoms with Crippen LogP contribution in [0.15, 0.2) is 18.2 Å². The number of nitrogens with two attached hydrogens (primary N) is 1. The summed E-state index contributed by atoms with van der Waals surface area (Å²) in [7, 11) is 2.02. The lowest BCUT2D eigenvalue weighted by Crippen LogP contribution is -2.22. The molecule has 0 spiro atoms. The summed E-state index contributed by atoms with van der Waals surface area (Å²) >= 11 is 0. The number of carboxylic acids is 1. The Balaban J connectivity index is 2.46. The van der Waals surface area contributed by atoms with Gasteiger partial charge in [-0.2, -0.15) is 0 Å². The lowest BCUT2D eigenvalue weighted by Gasteiger charge is -2.16. The second-order valence-electron chi connectivity index (χ2n) is 4.14. The molecule has 4 nitrogen and oxygen atoms in total. The van der Waals surface area contributed by atoms with Gasteiger partial charge < -0.3 is 15.7 Å². The summed E-state index contributed by atoms with van der Waals surface area (Å²) in [5.41, 5.74) is 8.69. The Hall–Kier alpha value is -1.55. The average Bonchev–Trinajstić information content (AvgIpc) is 2.62. The Morgan fingerprint density at radius 1 is 1.62 bits per heavy atom. The molecule has 0 aliphatic carbocycles. The quantitative estimate of drug-likeness (QED) is 0.791. The maximum absolute atomic E-state index is 11.1. The molecular weight excluding hydrogens is 204 g/mol. The molecule has 0 fully saturated rings. The first-order valence-electron chi connectivity index (χ1n) is 5.41. The van der Waals surface area contributed by atoms with Crippen LogP contribution >= 0.6 is 0 Å². The van der Waals surface area contributed by atoms with Crippen molar-refractivity contribution in [3.05, 3.63) is 29.3 Å². The SMILES string of the molecule is CN1CCc2c(C(CN)C(=O)O)cccc21. The molecule has 1 atom stereocenters. The van der Waals surface area contributed by atoms with E-state index in [4.69, 9.17) is 10.8 Å². The first kappa shape index (κ1) is 11.0. The predicted molar refractivity (Wildman–Crippen MR) is 62.8 cm³/mol. The zero-order valence-corrected chi connectivity index (χ0v) is 9.31. The standard InChI is InChI=1S/C12H16N2O2/c1-14-6-5-9-8(3-2-4-11(9)14)10(7-13)12(15)16/h2-4,10H,5-7,13H2,1H3,(H,15,16). The number of nitrogens with zero attached hydrogens (tertiary/aromatic N) is 1. The van der Waals surface area contributed by atoms with Crippen molar-refractivity contribution in [1.82, 2.24) is 0 Å². The van der Waals surface area contributed by atoms with Crippen LogP contribution in [-0.4, -0.2) is 31.2 Å². The molecule has 1 aromatic rings. The van der Waals surface area contributed by atoms with Crippen LogP contribution in [-0.2, 0) is 11.2 Å². The van der Waals surface area contributed by atoms with Gasteiger partial charge in [0.2, 0.25) is 0 Å². The lowest BCUT2D eigenvalue weighted by atomic mass is 9.93. The largest absolute Gasteiger partial charge is 0.481 e. The van der Waals surface area contributed by atoms with E-state index in [0.29, 0.717) is 0 Å². The van der Waals surface area contributed by atoms with Gasteiger partial charge in [0.15, 0.2) is 0 Å². The van der Waals surface area contributed by atoms with Crippen LogP contribution in [0.2, 0.25) is 0 Å². The van der Waals surface area contributed by atoms with Crippen molar-refractivity contribution in [3.8, 4) is 0 Å². The molecule has 3 N–H and O–H groups in total. The lowest BCUT2D eigenvalue weighted by molar-refractivity contribution is -0.138. The van der Waals surface area contributed by atoms with Gasteiger partial charge in [-0.3, -0.25) is 4.79 Å². The summed E-state index contributed by atoms with van der Waals surface area (Å²) in [4.78, 5) is 13.3. The highest BCUT2D eigenvalue weighted by Gasteiger charge is 2.26. The van der Waals surface area contributed by atoms with Gasteiger partial charge in [-0.1, -0.05) is 12.1 Å². The van der Waals surface area contributed by atoms with Crippen molar-refractivity contribution in [2.75, 3.05) is 25.0 Å². The van der Waals surface area contributed by atoms with E-state index in [-0.39, 0.29) is 6.54 Å². The molecule has 0 aromatic heterocycles. The normalized spacial score (nSPS) is 16.0. The molecule has 1 aromatic carbocycles. The number of rotatable bonds is 3. The smallest absolute Gasteiger partial charge is 0.312 e. The highest BCUT2D eigenvalue weighted by molar-refractivity contribution is 5.78. The average molecular weight is 220 g/mol. The summed E-state index contributed by atoms with van der Waals surface area (Å²) in [5.74, 6) is -1.42. The van der Waals surface area contributed by atoms with Gasteiger partial charge in [0.25, 0.3) is 0 Å². The molecule has 0 saturated heterocycles. The van der Waals surface area contributed by atoms with E-state index in [9.17, 15) is 4.79 Å². The van der Waals surface area contributed by atoms with E-state index in [1.54, 1.807) is 0 Å². The number of fused-ring (bicyclic) bond motifs is 1. The molecular formula is C12H16N2O2. The van der Waals surface area contributed by atoms with E-state index in [2.05, 4.69) is 4.90 Å². The van der Waals surface area contributed by atoms with Crippen LogP contribution in [0.25, 0.3) is 0 Å². The molecule has 1 heterocycles. The van der Waals surface area contributed by atoms with E-state index < -0.39 is 11.9 Å². The number of anilines is 1. The summed E-state index contributed by atoms with van der Waals surface area (Å²) in [6.07, 6.45) is 0.909. The van der Waals surface area contributed by atoms with Gasteiger partial charge in [-0.25, -0.2) is 0 Å². The van der Waals surface area contributed by atoms with Crippen molar-refractivity contribution in [1.29, 1.82) is 0 Å². The summed E-state index contributed by atoms with van der Waals surface area (Å²) in [5, 5.41) is 9.13. The number of benzene rings is 1. The van der Waals surface area contributed by atoms with Crippen LogP contribution in [0.5, 0.6) is 0 Å². The minimum absolute atomic E-state index is 0.148. The van der Waals surface area contributed by atoms with Crippen LogP contribution in [0, 0.1) is 0 Å². The number of hydrogen-bond acceptors (Lipinski definition) is 3. The van der Waals surface area contributed by atoms with Crippen molar-refractivity contribution in [3.63, 3.8) is 0 Å². The number of likely N-dealkylation sites (N-methyl/N-ethyl adjacent to an activating group) is 1. The second kappa shape index (κ2) is 4.14. The Bertz CT molecular complexity index is 417. The van der Waals surface area contributed by atoms with Crippen LogP contribution < -0.4 is 10.6 Å². The zero-order valence-electron chi connectivity index (χ0n) is 9.31. The second-order valence-corrected chi connectivity index (χ2v) is 4.14. The molecule has 16 heavy (non-hydrogen) atoms. The molecule has 0 radical (unpaired) electrons. The van der Waals surface area contributed by atoms with Crippen LogP contribution in [0.3, 0.4) is 0 Å². The van der Waals surface area contributed by atoms with Gasteiger partial charge in [0, 0.05) is 25.8 Å². The molecule has 1 aliphatic heterocycles. The highest BCUT2D eigenvalue weighted by atomic mass is 16.4. The topological polar surface area (TPSA) is 66.6 Å². The van der Waals surface area contributed by atoms with Gasteiger partial charge in [0.1, 0.15) is 0 Å². The molecule has 2 rings (SSSR count). The molecule has 0 bridgehead atoms. The van der Waals surface area contributed by atoms with Crippen molar-refractivity contribution >= 4 is 11.7 Å². The van der Waals surface area contributed by atoms with E-state index in [1.807, 2.05) is 25.2 Å². The van der Waals surface area contributed by atoms with Gasteiger partial charge >= 0.3 is 5.97 Å². The van der Waals surface area contributed by atoms with E-state index >= 15 is 0 Å². The third-order valence-corrected chi connectivity index (χ3v) is 3.21. The summed E-state index contributed by atoms with van der Waals surface area (Å²) in [6.45, 7) is 1.10. The maximum atomic E-state index is 11.1. The van der Waals surface area contributed by atoms with E-state index in [1.165, 1.54) is 0 Å². The monoisotopic (exact) mass is 220 g/mol. The molecule has 4 heteroatoms. The number of carboxylic acid groups (broad SMARTS) is 1. The van der Waals surface area contributed by atoms with Crippen LogP contribution in [0.1, 0.15) is 17.0 Å². The van der Waals surface area contributed by atoms with Gasteiger partial charge in [-0.15, -0.1) is 0 Å². The maximum Gasteiger partial charge on any atom is 0.312 e. The fourth-order valence-corrected chi connectivity index (χ4v) is 2.31. The van der Waals surface area contributed by atoms with Crippen molar-refractivity contribution in [2.45, 2.75) is 12.3 Å². The fraction of sp³-hybridized carbons (Fsp3) is 0.417. The fourth-order valence-electron chi connectivity index (χ4n) is 2.31. The summed E-state index contributed by atoms with van der Waals surface area (Å²) < 4.78 is 0. The van der Waals surface area contributed by atoms with Crippen LogP contribution in [0.4, 0.5) is 5.69 Å². The predicted octanol–water partition coefficient (Wildman–Crippen LogP) is 0.806. The van der Waals surface area contributed by atoms with E-state index in [0.717, 1.165) is 29.8 Å². The number of aliphatic carboxylic acids is 1. The molecule has 86 valence electrons. The van der Waals surface area contributed by atoms with Gasteiger partial charge in [-0.05, 0) is 23.6 Å². The van der Waals surface area contributed by atoms with Crippen molar-refractivity contribution < 1.29 is 9.90 Å². The summed E-state index contributed by atoms with van der Waals surface area (Å²) in [6, 6.07) is 5.81. The molecule has 0 saturated carbocycles. The first-order chi connectivity index (χ1) is 7.65. The Morgan fingerprint density at radius 3 is 3.00 bits per heavy atom. The highest BCUT2D eigenvalue weighted by Crippen LogP contribution is 2.33. The molecule has 1 unspecified atom stereocenters. The zero-order chi connectivity index (χ0) is 11.7. The van der Waals surface area contributed by atoms with Crippen molar-refractivity contribution in [2.24, 2.45) is 5.73 Å². The Kier molecular flexibility index (Phi) is 2.83. The van der Waals surface area contributed by atoms with Gasteiger partial charge in [0.05, 0.1) is 5.92 Å². The number of hydrogen-bond donors (Lipinski definition) is 2. The number of carbonyl (C=O) groups is 1. The first-order valence-corrected chi connectivity index (χ1v) is 5.41. The Labute approximate surface area is 94.7 Å². The molecule has 0 amide bonds. The minimum Gasteiger partial charge on any atom is -0.481 e. The third-order valence-electron chi connectivity index (χ3n) is 3.21. The Morgan fingerprint density at radius 2 is 2.38 bits per heavy atom. The minimum atomic E-state index is -0.842. The third kappa shape index (κ3) is 1.65.